The Labute approximate surface area is 143 Å². The number of carbonyl (C=O) groups is 1. The first-order chi connectivity index (χ1) is 10.9. The zero-order chi connectivity index (χ0) is 16.9. The van der Waals surface area contributed by atoms with Crippen molar-refractivity contribution in [3.05, 3.63) is 58.6 Å². The number of ether oxygens (including phenoxy) is 2. The third-order valence-electron chi connectivity index (χ3n) is 2.90. The van der Waals surface area contributed by atoms with Gasteiger partial charge >= 0.3 is 5.97 Å². The van der Waals surface area contributed by atoms with Gasteiger partial charge in [-0.25, -0.2) is 13.2 Å². The highest BCUT2D eigenvalue weighted by molar-refractivity contribution is 9.10. The van der Waals surface area contributed by atoms with Gasteiger partial charge in [0.2, 0.25) is 0 Å². The Kier molecular flexibility index (Phi) is 5.79. The normalized spacial score (nSPS) is 11.0. The lowest BCUT2D eigenvalue weighted by atomic mass is 10.2. The first-order valence-corrected chi connectivity index (χ1v) is 9.40. The van der Waals surface area contributed by atoms with Crippen LogP contribution in [-0.4, -0.2) is 33.9 Å². The molecule has 0 saturated carbocycles. The first-order valence-electron chi connectivity index (χ1n) is 6.72. The van der Waals surface area contributed by atoms with E-state index in [0.717, 1.165) is 10.7 Å². The third kappa shape index (κ3) is 5.37. The average Bonchev–Trinajstić information content (AvgIpc) is 2.51. The molecule has 5 nitrogen and oxygen atoms in total. The zero-order valence-electron chi connectivity index (χ0n) is 12.4. The van der Waals surface area contributed by atoms with Gasteiger partial charge < -0.3 is 9.47 Å². The van der Waals surface area contributed by atoms with Gasteiger partial charge in [0, 0.05) is 10.7 Å². The SMILES string of the molecule is CS(=O)(=O)c1ccc(C(=O)OCCOc2cccc(Br)c2)cc1. The molecular weight excluding hydrogens is 384 g/mol. The maximum absolute atomic E-state index is 11.8. The van der Waals surface area contributed by atoms with Crippen LogP contribution in [0.5, 0.6) is 5.75 Å². The molecule has 0 aliphatic rings. The van der Waals surface area contributed by atoms with Gasteiger partial charge in [-0.15, -0.1) is 0 Å². The summed E-state index contributed by atoms with van der Waals surface area (Å²) in [7, 11) is -3.28. The second-order valence-electron chi connectivity index (χ2n) is 4.74. The largest absolute Gasteiger partial charge is 0.490 e. The molecule has 0 radical (unpaired) electrons. The second-order valence-corrected chi connectivity index (χ2v) is 7.67. The molecule has 0 fully saturated rings. The monoisotopic (exact) mass is 398 g/mol. The van der Waals surface area contributed by atoms with E-state index in [9.17, 15) is 13.2 Å². The number of halogens is 1. The van der Waals surface area contributed by atoms with Gasteiger partial charge in [0.1, 0.15) is 19.0 Å². The molecule has 0 unspecified atom stereocenters. The van der Waals surface area contributed by atoms with Gasteiger partial charge in [0.25, 0.3) is 0 Å². The van der Waals surface area contributed by atoms with Gasteiger partial charge in [0.05, 0.1) is 10.5 Å². The topological polar surface area (TPSA) is 69.7 Å². The number of rotatable bonds is 6. The maximum Gasteiger partial charge on any atom is 0.338 e. The zero-order valence-corrected chi connectivity index (χ0v) is 14.8. The van der Waals surface area contributed by atoms with Crippen LogP contribution in [-0.2, 0) is 14.6 Å². The van der Waals surface area contributed by atoms with Crippen LogP contribution in [0.1, 0.15) is 10.4 Å². The van der Waals surface area contributed by atoms with Crippen LogP contribution in [0.3, 0.4) is 0 Å². The number of sulfone groups is 1. The summed E-state index contributed by atoms with van der Waals surface area (Å²) in [5, 5.41) is 0. The Morgan fingerprint density at radius 2 is 1.78 bits per heavy atom. The predicted molar refractivity (Wildman–Crippen MR) is 89.5 cm³/mol. The highest BCUT2D eigenvalue weighted by atomic mass is 79.9. The molecule has 0 heterocycles. The van der Waals surface area contributed by atoms with Crippen molar-refractivity contribution in [2.75, 3.05) is 19.5 Å². The third-order valence-corrected chi connectivity index (χ3v) is 4.52. The molecule has 0 aliphatic carbocycles. The minimum Gasteiger partial charge on any atom is -0.490 e. The Morgan fingerprint density at radius 1 is 1.09 bits per heavy atom. The van der Waals surface area contributed by atoms with E-state index in [-0.39, 0.29) is 18.1 Å². The van der Waals surface area contributed by atoms with E-state index in [1.54, 1.807) is 6.07 Å². The first kappa shape index (κ1) is 17.5. The highest BCUT2D eigenvalue weighted by Crippen LogP contribution is 2.17. The van der Waals surface area contributed by atoms with Crippen molar-refractivity contribution in [1.29, 1.82) is 0 Å². The number of hydrogen-bond donors (Lipinski definition) is 0. The van der Waals surface area contributed by atoms with Crippen molar-refractivity contribution in [3.8, 4) is 5.75 Å². The molecule has 2 rings (SSSR count). The van der Waals surface area contributed by atoms with E-state index in [2.05, 4.69) is 15.9 Å². The van der Waals surface area contributed by atoms with Crippen LogP contribution >= 0.6 is 15.9 Å². The number of carbonyl (C=O) groups excluding carboxylic acids is 1. The molecule has 7 heteroatoms. The highest BCUT2D eigenvalue weighted by Gasteiger charge is 2.10. The summed E-state index contributed by atoms with van der Waals surface area (Å²) in [4.78, 5) is 12.0. The molecule has 0 amide bonds. The smallest absolute Gasteiger partial charge is 0.338 e. The lowest BCUT2D eigenvalue weighted by molar-refractivity contribution is 0.0450. The van der Waals surface area contributed by atoms with E-state index in [4.69, 9.17) is 9.47 Å². The van der Waals surface area contributed by atoms with Gasteiger partial charge in [-0.05, 0) is 42.5 Å². The van der Waals surface area contributed by atoms with Crippen LogP contribution in [0, 0.1) is 0 Å². The summed E-state index contributed by atoms with van der Waals surface area (Å²) in [6.45, 7) is 0.322. The molecule has 0 N–H and O–H groups in total. The van der Waals surface area contributed by atoms with Crippen molar-refractivity contribution in [2.45, 2.75) is 4.90 Å². The van der Waals surface area contributed by atoms with Gasteiger partial charge in [-0.2, -0.15) is 0 Å². The van der Waals surface area contributed by atoms with E-state index in [1.807, 2.05) is 18.2 Å². The van der Waals surface area contributed by atoms with Crippen LogP contribution in [0.15, 0.2) is 57.9 Å². The Bertz CT molecular complexity index is 784. The molecule has 2 aromatic carbocycles. The predicted octanol–water partition coefficient (Wildman–Crippen LogP) is 3.09. The quantitative estimate of drug-likeness (QED) is 0.552. The lowest BCUT2D eigenvalue weighted by Crippen LogP contribution is -2.12. The van der Waals surface area contributed by atoms with Crippen LogP contribution in [0.25, 0.3) is 0 Å². The molecule has 0 spiro atoms. The standard InChI is InChI=1S/C16H15BrO5S/c1-23(19,20)15-7-5-12(6-8-15)16(18)22-10-9-21-14-4-2-3-13(17)11-14/h2-8,11H,9-10H2,1H3. The van der Waals surface area contributed by atoms with E-state index < -0.39 is 15.8 Å². The van der Waals surface area contributed by atoms with E-state index in [0.29, 0.717) is 11.3 Å². The molecule has 0 saturated heterocycles. The number of esters is 1. The Balaban J connectivity index is 1.83. The summed E-state index contributed by atoms with van der Waals surface area (Å²) in [6, 6.07) is 12.9. The average molecular weight is 399 g/mol. The van der Waals surface area contributed by atoms with Crippen molar-refractivity contribution in [2.24, 2.45) is 0 Å². The van der Waals surface area contributed by atoms with Crippen LogP contribution in [0.4, 0.5) is 0 Å². The van der Waals surface area contributed by atoms with Gasteiger partial charge in [0.15, 0.2) is 9.84 Å². The van der Waals surface area contributed by atoms with Crippen LogP contribution in [0.2, 0.25) is 0 Å². The fourth-order valence-electron chi connectivity index (χ4n) is 1.77. The number of hydrogen-bond acceptors (Lipinski definition) is 5. The molecule has 122 valence electrons. The molecule has 2 aromatic rings. The number of benzene rings is 2. The minimum atomic E-state index is -3.28. The summed E-state index contributed by atoms with van der Waals surface area (Å²) >= 11 is 3.34. The fourth-order valence-corrected chi connectivity index (χ4v) is 2.78. The van der Waals surface area contributed by atoms with E-state index >= 15 is 0 Å². The maximum atomic E-state index is 11.8. The van der Waals surface area contributed by atoms with Gasteiger partial charge in [-0.3, -0.25) is 0 Å². The van der Waals surface area contributed by atoms with Crippen molar-refractivity contribution in [3.63, 3.8) is 0 Å². The summed E-state index contributed by atoms with van der Waals surface area (Å²) < 4.78 is 34.1. The summed E-state index contributed by atoms with van der Waals surface area (Å²) in [5.74, 6) is 0.149. The van der Waals surface area contributed by atoms with Crippen molar-refractivity contribution < 1.29 is 22.7 Å². The summed E-state index contributed by atoms with van der Waals surface area (Å²) in [6.07, 6.45) is 1.11. The Morgan fingerprint density at radius 3 is 2.39 bits per heavy atom. The van der Waals surface area contributed by atoms with Crippen molar-refractivity contribution >= 4 is 31.7 Å². The molecule has 23 heavy (non-hydrogen) atoms. The minimum absolute atomic E-state index is 0.0964. The lowest BCUT2D eigenvalue weighted by Gasteiger charge is -2.08. The van der Waals surface area contributed by atoms with Crippen molar-refractivity contribution in [1.82, 2.24) is 0 Å². The molecule has 0 aromatic heterocycles. The molecular formula is C16H15BrO5S. The molecule has 0 bridgehead atoms. The fraction of sp³-hybridized carbons (Fsp3) is 0.188. The Hall–Kier alpha value is -1.86. The summed E-state index contributed by atoms with van der Waals surface area (Å²) in [5.41, 5.74) is 0.292. The van der Waals surface area contributed by atoms with Gasteiger partial charge in [-0.1, -0.05) is 22.0 Å². The van der Waals surface area contributed by atoms with Crippen LogP contribution < -0.4 is 4.74 Å². The molecule has 0 aliphatic heterocycles. The van der Waals surface area contributed by atoms with E-state index in [1.165, 1.54) is 24.3 Å². The molecule has 0 atom stereocenters. The second kappa shape index (κ2) is 7.61.